The zero-order chi connectivity index (χ0) is 18.9. The number of amides is 2. The first-order valence-corrected chi connectivity index (χ1v) is 7.86. The second kappa shape index (κ2) is 9.44. The minimum Gasteiger partial charge on any atom is -0.507 e. The van der Waals surface area contributed by atoms with E-state index in [0.29, 0.717) is 26.3 Å². The van der Waals surface area contributed by atoms with Crippen LogP contribution in [0.4, 0.5) is 5.69 Å². The third kappa shape index (κ3) is 5.79. The van der Waals surface area contributed by atoms with Crippen molar-refractivity contribution < 1.29 is 24.4 Å². The topological polar surface area (TPSA) is 146 Å². The number of non-ortho nitro benzene ring substituents is 1. The molecule has 0 aromatic heterocycles. The van der Waals surface area contributed by atoms with Crippen molar-refractivity contribution in [2.45, 2.75) is 0 Å². The smallest absolute Gasteiger partial charge is 0.329 e. The van der Waals surface area contributed by atoms with E-state index in [1.807, 2.05) is 5.43 Å². The number of morpholine rings is 1. The molecule has 0 radical (unpaired) electrons. The molecular formula is C15H19N5O6. The van der Waals surface area contributed by atoms with Gasteiger partial charge in [-0.25, -0.2) is 5.43 Å². The second-order valence-electron chi connectivity index (χ2n) is 5.41. The Morgan fingerprint density at radius 3 is 2.77 bits per heavy atom. The van der Waals surface area contributed by atoms with Crippen molar-refractivity contribution in [1.82, 2.24) is 15.6 Å². The van der Waals surface area contributed by atoms with E-state index < -0.39 is 16.7 Å². The Bertz CT molecular complexity index is 702. The number of benzene rings is 1. The molecule has 0 unspecified atom stereocenters. The highest BCUT2D eigenvalue weighted by atomic mass is 16.6. The van der Waals surface area contributed by atoms with Gasteiger partial charge in [0.2, 0.25) is 0 Å². The van der Waals surface area contributed by atoms with E-state index >= 15 is 0 Å². The first-order valence-electron chi connectivity index (χ1n) is 7.86. The Hall–Kier alpha value is -3.05. The molecule has 26 heavy (non-hydrogen) atoms. The van der Waals surface area contributed by atoms with Gasteiger partial charge in [-0.2, -0.15) is 5.10 Å². The summed E-state index contributed by atoms with van der Waals surface area (Å²) in [5.74, 6) is -2.07. The summed E-state index contributed by atoms with van der Waals surface area (Å²) in [6, 6.07) is 3.36. The lowest BCUT2D eigenvalue weighted by Gasteiger charge is -2.26. The van der Waals surface area contributed by atoms with Crippen molar-refractivity contribution in [3.8, 4) is 5.75 Å². The molecule has 0 atom stereocenters. The number of hydrazone groups is 1. The van der Waals surface area contributed by atoms with Crippen molar-refractivity contribution in [2.24, 2.45) is 5.10 Å². The molecule has 1 heterocycles. The summed E-state index contributed by atoms with van der Waals surface area (Å²) < 4.78 is 5.21. The van der Waals surface area contributed by atoms with Crippen LogP contribution in [0.5, 0.6) is 5.75 Å². The average molecular weight is 365 g/mol. The number of nitro benzene ring substituents is 1. The molecule has 2 amide bonds. The summed E-state index contributed by atoms with van der Waals surface area (Å²) in [5.41, 5.74) is 1.79. The van der Waals surface area contributed by atoms with Crippen molar-refractivity contribution >= 4 is 23.7 Å². The lowest BCUT2D eigenvalue weighted by molar-refractivity contribution is -0.384. The summed E-state index contributed by atoms with van der Waals surface area (Å²) >= 11 is 0. The summed E-state index contributed by atoms with van der Waals surface area (Å²) in [7, 11) is 0. The van der Waals surface area contributed by atoms with Crippen LogP contribution in [0.3, 0.4) is 0 Å². The molecule has 2 rings (SSSR count). The molecule has 1 saturated heterocycles. The number of ether oxygens (including phenoxy) is 1. The number of aromatic hydroxyl groups is 1. The third-order valence-electron chi connectivity index (χ3n) is 3.62. The van der Waals surface area contributed by atoms with Crippen LogP contribution in [0.15, 0.2) is 23.3 Å². The Balaban J connectivity index is 1.78. The quantitative estimate of drug-likeness (QED) is 0.259. The number of phenols is 1. The highest BCUT2D eigenvalue weighted by Crippen LogP contribution is 2.21. The van der Waals surface area contributed by atoms with Crippen LogP contribution in [0.25, 0.3) is 0 Å². The van der Waals surface area contributed by atoms with Crippen LogP contribution in [0.2, 0.25) is 0 Å². The molecule has 1 aromatic carbocycles. The van der Waals surface area contributed by atoms with Gasteiger partial charge in [-0.3, -0.25) is 24.6 Å². The molecule has 1 aromatic rings. The summed E-state index contributed by atoms with van der Waals surface area (Å²) in [6.45, 7) is 3.76. The SMILES string of the molecule is O=C(NCCN1CCOCC1)C(=O)N/N=C/c1cc([N+](=O)[O-])ccc1O. The molecule has 140 valence electrons. The van der Waals surface area contributed by atoms with Gasteiger partial charge in [-0.05, 0) is 6.07 Å². The van der Waals surface area contributed by atoms with E-state index in [-0.39, 0.29) is 17.0 Å². The molecule has 1 aliphatic rings. The van der Waals surface area contributed by atoms with E-state index in [9.17, 15) is 24.8 Å². The lowest BCUT2D eigenvalue weighted by Crippen LogP contribution is -2.44. The number of carbonyl (C=O) groups is 2. The van der Waals surface area contributed by atoms with Gasteiger partial charge in [0.1, 0.15) is 5.75 Å². The van der Waals surface area contributed by atoms with Crippen molar-refractivity contribution in [3.05, 3.63) is 33.9 Å². The Kier molecular flexibility index (Phi) is 7.00. The van der Waals surface area contributed by atoms with Crippen LogP contribution in [-0.4, -0.2) is 72.4 Å². The normalized spacial score (nSPS) is 14.9. The summed E-state index contributed by atoms with van der Waals surface area (Å²) in [6.07, 6.45) is 1.02. The Morgan fingerprint density at radius 1 is 1.35 bits per heavy atom. The number of nitrogens with one attached hydrogen (secondary N) is 2. The second-order valence-corrected chi connectivity index (χ2v) is 5.41. The molecule has 11 nitrogen and oxygen atoms in total. The molecular weight excluding hydrogens is 346 g/mol. The monoisotopic (exact) mass is 365 g/mol. The van der Waals surface area contributed by atoms with Gasteiger partial charge in [-0.1, -0.05) is 0 Å². The molecule has 0 spiro atoms. The van der Waals surface area contributed by atoms with Crippen LogP contribution in [0, 0.1) is 10.1 Å². The van der Waals surface area contributed by atoms with E-state index in [1.54, 1.807) is 0 Å². The van der Waals surface area contributed by atoms with Gasteiger partial charge < -0.3 is 15.2 Å². The predicted molar refractivity (Wildman–Crippen MR) is 90.8 cm³/mol. The molecule has 1 aliphatic heterocycles. The number of carbonyl (C=O) groups excluding carboxylic acids is 2. The zero-order valence-electron chi connectivity index (χ0n) is 13.9. The van der Waals surface area contributed by atoms with Crippen LogP contribution >= 0.6 is 0 Å². The standard InChI is InChI=1S/C15H19N5O6/c21-13-2-1-12(20(24)25)9-11(13)10-17-18-15(23)14(22)16-3-4-19-5-7-26-8-6-19/h1-2,9-10,21H,3-8H2,(H,16,22)(H,18,23)/b17-10+. The van der Waals surface area contributed by atoms with E-state index in [1.165, 1.54) is 0 Å². The van der Waals surface area contributed by atoms with Gasteiger partial charge in [0, 0.05) is 43.9 Å². The molecule has 3 N–H and O–H groups in total. The predicted octanol–water partition coefficient (Wildman–Crippen LogP) is -0.801. The summed E-state index contributed by atoms with van der Waals surface area (Å²) in [4.78, 5) is 35.5. The average Bonchev–Trinajstić information content (AvgIpc) is 2.63. The fourth-order valence-electron chi connectivity index (χ4n) is 2.20. The van der Waals surface area contributed by atoms with Gasteiger partial charge in [0.05, 0.1) is 24.4 Å². The molecule has 0 saturated carbocycles. The molecule has 0 bridgehead atoms. The zero-order valence-corrected chi connectivity index (χ0v) is 13.9. The van der Waals surface area contributed by atoms with Crippen molar-refractivity contribution in [3.63, 3.8) is 0 Å². The van der Waals surface area contributed by atoms with Crippen LogP contribution < -0.4 is 10.7 Å². The van der Waals surface area contributed by atoms with Crippen LogP contribution in [0.1, 0.15) is 5.56 Å². The largest absolute Gasteiger partial charge is 0.507 e. The third-order valence-corrected chi connectivity index (χ3v) is 3.62. The first-order chi connectivity index (χ1) is 12.5. The van der Waals surface area contributed by atoms with Gasteiger partial charge >= 0.3 is 11.8 Å². The van der Waals surface area contributed by atoms with Crippen molar-refractivity contribution in [2.75, 3.05) is 39.4 Å². The number of nitrogens with zero attached hydrogens (tertiary/aromatic N) is 3. The molecule has 0 aliphatic carbocycles. The molecule has 11 heteroatoms. The maximum Gasteiger partial charge on any atom is 0.329 e. The number of rotatable bonds is 6. The highest BCUT2D eigenvalue weighted by Gasteiger charge is 2.14. The van der Waals surface area contributed by atoms with Crippen molar-refractivity contribution in [1.29, 1.82) is 0 Å². The fraction of sp³-hybridized carbons (Fsp3) is 0.400. The lowest BCUT2D eigenvalue weighted by atomic mass is 10.2. The first kappa shape index (κ1) is 19.3. The summed E-state index contributed by atoms with van der Waals surface area (Å²) in [5, 5.41) is 26.3. The minimum absolute atomic E-state index is 0.0345. The van der Waals surface area contributed by atoms with Crippen LogP contribution in [-0.2, 0) is 14.3 Å². The number of phenolic OH excluding ortho intramolecular Hbond substituents is 1. The van der Waals surface area contributed by atoms with Gasteiger partial charge in [0.25, 0.3) is 5.69 Å². The van der Waals surface area contributed by atoms with E-state index in [4.69, 9.17) is 4.74 Å². The maximum atomic E-state index is 11.7. The number of nitro groups is 1. The van der Waals surface area contributed by atoms with Gasteiger partial charge in [0.15, 0.2) is 0 Å². The van der Waals surface area contributed by atoms with Gasteiger partial charge in [-0.15, -0.1) is 0 Å². The highest BCUT2D eigenvalue weighted by molar-refractivity contribution is 6.35. The fourth-order valence-corrected chi connectivity index (χ4v) is 2.20. The van der Waals surface area contributed by atoms with E-state index in [0.717, 1.165) is 37.5 Å². The maximum absolute atomic E-state index is 11.7. The Morgan fingerprint density at radius 2 is 2.08 bits per heavy atom. The Labute approximate surface area is 148 Å². The van der Waals surface area contributed by atoms with E-state index in [2.05, 4.69) is 15.3 Å². The number of hydrogen-bond acceptors (Lipinski definition) is 8. The minimum atomic E-state index is -0.979. The number of hydrogen-bond donors (Lipinski definition) is 3. The molecule has 1 fully saturated rings.